The van der Waals surface area contributed by atoms with Gasteiger partial charge in [0.1, 0.15) is 0 Å². The molecule has 1 aromatic carbocycles. The van der Waals surface area contributed by atoms with Crippen LogP contribution < -0.4 is 5.32 Å². The van der Waals surface area contributed by atoms with E-state index in [4.69, 9.17) is 9.47 Å². The van der Waals surface area contributed by atoms with E-state index >= 15 is 0 Å². The average Bonchev–Trinajstić information content (AvgIpc) is 3.51. The fourth-order valence-corrected chi connectivity index (χ4v) is 7.25. The van der Waals surface area contributed by atoms with Gasteiger partial charge in [-0.05, 0) is 48.9 Å². The number of ether oxygens (including phenoxy) is 2. The number of rotatable bonds is 5. The molecule has 41 heavy (non-hydrogen) atoms. The van der Waals surface area contributed by atoms with Crippen molar-refractivity contribution in [3.63, 3.8) is 0 Å². The van der Waals surface area contributed by atoms with Gasteiger partial charge in [0, 0.05) is 75.9 Å². The molecule has 3 aliphatic heterocycles. The minimum absolute atomic E-state index is 0.0502. The number of amides is 2. The normalized spacial score (nSPS) is 29.8. The number of hydrogen-bond donors (Lipinski definition) is 1. The van der Waals surface area contributed by atoms with E-state index in [0.717, 1.165) is 25.1 Å². The zero-order valence-electron chi connectivity index (χ0n) is 23.0. The maximum Gasteiger partial charge on any atom is 0.417 e. The van der Waals surface area contributed by atoms with Gasteiger partial charge in [-0.25, -0.2) is 0 Å². The van der Waals surface area contributed by atoms with Crippen LogP contribution in [-0.2, 0) is 33.4 Å². The van der Waals surface area contributed by atoms with Gasteiger partial charge in [-0.2, -0.15) is 13.2 Å². The fraction of sp³-hybridized carbons (Fsp3) is 0.567. The van der Waals surface area contributed by atoms with E-state index in [1.165, 1.54) is 0 Å². The Labute approximate surface area is 237 Å². The Kier molecular flexibility index (Phi) is 7.54. The van der Waals surface area contributed by atoms with Crippen LogP contribution in [0.2, 0.25) is 0 Å². The molecule has 1 aliphatic carbocycles. The number of carbonyl (C=O) groups is 2. The number of carbonyl (C=O) groups excluding carboxylic acids is 2. The minimum atomic E-state index is -4.50. The summed E-state index contributed by atoms with van der Waals surface area (Å²) < 4.78 is 51.4. The number of alkyl halides is 3. The van der Waals surface area contributed by atoms with Crippen molar-refractivity contribution in [2.24, 2.45) is 11.3 Å². The van der Waals surface area contributed by atoms with Gasteiger partial charge in [0.2, 0.25) is 5.91 Å². The SMILES string of the molecule is COC1COCCC1NC1CC2CN(C(=O)c3ccccc3)CC2(C(=O)N2CCc3ncc(C(F)(F)F)cc3C2)C1. The lowest BCUT2D eigenvalue weighted by molar-refractivity contribution is -0.143. The van der Waals surface area contributed by atoms with Crippen molar-refractivity contribution >= 4 is 11.8 Å². The van der Waals surface area contributed by atoms with Gasteiger partial charge >= 0.3 is 6.18 Å². The summed E-state index contributed by atoms with van der Waals surface area (Å²) in [5.74, 6) is -0.265. The largest absolute Gasteiger partial charge is 0.417 e. The van der Waals surface area contributed by atoms with E-state index < -0.39 is 17.2 Å². The van der Waals surface area contributed by atoms with Crippen molar-refractivity contribution in [2.75, 3.05) is 40.0 Å². The van der Waals surface area contributed by atoms with Gasteiger partial charge in [-0.15, -0.1) is 0 Å². The molecule has 0 spiro atoms. The predicted octanol–water partition coefficient (Wildman–Crippen LogP) is 3.30. The number of methoxy groups -OCH3 is 1. The second-order valence-corrected chi connectivity index (χ2v) is 11.8. The molecule has 5 atom stereocenters. The summed E-state index contributed by atoms with van der Waals surface area (Å²) >= 11 is 0. The molecule has 1 aromatic heterocycles. The lowest BCUT2D eigenvalue weighted by Gasteiger charge is -2.37. The zero-order valence-corrected chi connectivity index (χ0v) is 23.0. The summed E-state index contributed by atoms with van der Waals surface area (Å²) in [6.45, 7) is 2.36. The van der Waals surface area contributed by atoms with Crippen LogP contribution in [0.3, 0.4) is 0 Å². The van der Waals surface area contributed by atoms with Crippen LogP contribution >= 0.6 is 0 Å². The van der Waals surface area contributed by atoms with E-state index in [-0.39, 0.29) is 49.0 Å². The Bertz CT molecular complexity index is 1290. The molecule has 2 amide bonds. The van der Waals surface area contributed by atoms with Crippen LogP contribution in [0.5, 0.6) is 0 Å². The van der Waals surface area contributed by atoms with Crippen molar-refractivity contribution < 1.29 is 32.2 Å². The van der Waals surface area contributed by atoms with Crippen LogP contribution in [-0.4, -0.2) is 84.7 Å². The first-order chi connectivity index (χ1) is 19.7. The first-order valence-corrected chi connectivity index (χ1v) is 14.2. The Morgan fingerprint density at radius 1 is 1.20 bits per heavy atom. The van der Waals surface area contributed by atoms with E-state index in [1.54, 1.807) is 29.0 Å². The molecule has 0 bridgehead atoms. The van der Waals surface area contributed by atoms with Gasteiger partial charge in [0.05, 0.1) is 23.7 Å². The van der Waals surface area contributed by atoms with Crippen LogP contribution in [0.25, 0.3) is 0 Å². The molecule has 2 aromatic rings. The average molecular weight is 573 g/mol. The molecule has 220 valence electrons. The number of aromatic nitrogens is 1. The molecule has 0 radical (unpaired) electrons. The highest BCUT2D eigenvalue weighted by Gasteiger charge is 2.59. The number of likely N-dealkylation sites (tertiary alicyclic amines) is 1. The monoisotopic (exact) mass is 572 g/mol. The Hall–Kier alpha value is -3.02. The standard InChI is InChI=1S/C30H35F3N4O4/c1-40-26-17-41-10-8-25(26)35-23-12-22-16-37(27(38)19-5-3-2-4-6-19)18-29(22,13-23)28(39)36-9-7-24-20(15-36)11-21(14-34-24)30(31,32)33/h2-6,11,14,22-23,25-26,35H,7-10,12-13,15-18H2,1H3. The number of nitrogens with one attached hydrogen (secondary N) is 1. The smallest absolute Gasteiger partial charge is 0.379 e. The molecule has 1 saturated carbocycles. The van der Waals surface area contributed by atoms with Crippen LogP contribution in [0.4, 0.5) is 13.2 Å². The highest BCUT2D eigenvalue weighted by atomic mass is 19.4. The summed E-state index contributed by atoms with van der Waals surface area (Å²) in [5, 5.41) is 3.73. The molecule has 5 unspecified atom stereocenters. The third-order valence-electron chi connectivity index (χ3n) is 9.32. The summed E-state index contributed by atoms with van der Waals surface area (Å²) in [5.41, 5.74) is -0.0218. The van der Waals surface area contributed by atoms with Crippen molar-refractivity contribution in [2.45, 2.75) is 56.6 Å². The lowest BCUT2D eigenvalue weighted by Crippen LogP contribution is -2.52. The first-order valence-electron chi connectivity index (χ1n) is 14.2. The maximum absolute atomic E-state index is 14.4. The number of benzene rings is 1. The molecule has 2 saturated heterocycles. The Balaban J connectivity index is 1.25. The predicted molar refractivity (Wildman–Crippen MR) is 143 cm³/mol. The van der Waals surface area contributed by atoms with Crippen molar-refractivity contribution in [1.29, 1.82) is 0 Å². The molecule has 6 rings (SSSR count). The Morgan fingerprint density at radius 2 is 2.00 bits per heavy atom. The molecular weight excluding hydrogens is 537 g/mol. The highest BCUT2D eigenvalue weighted by molar-refractivity contribution is 5.95. The van der Waals surface area contributed by atoms with Crippen molar-refractivity contribution in [3.8, 4) is 0 Å². The number of nitrogens with zero attached hydrogens (tertiary/aromatic N) is 3. The maximum atomic E-state index is 14.4. The van der Waals surface area contributed by atoms with Crippen LogP contribution in [0.15, 0.2) is 42.6 Å². The van der Waals surface area contributed by atoms with Gasteiger partial charge in [0.15, 0.2) is 0 Å². The van der Waals surface area contributed by atoms with Gasteiger partial charge in [0.25, 0.3) is 5.91 Å². The van der Waals surface area contributed by atoms with Gasteiger partial charge in [-0.3, -0.25) is 14.6 Å². The van der Waals surface area contributed by atoms with E-state index in [0.29, 0.717) is 56.0 Å². The number of pyridine rings is 1. The van der Waals surface area contributed by atoms with Crippen molar-refractivity contribution in [1.82, 2.24) is 20.1 Å². The van der Waals surface area contributed by atoms with Crippen LogP contribution in [0.1, 0.15) is 46.4 Å². The first kappa shape index (κ1) is 28.1. The molecule has 3 fully saturated rings. The fourth-order valence-electron chi connectivity index (χ4n) is 7.25. The summed E-state index contributed by atoms with van der Waals surface area (Å²) in [4.78, 5) is 35.4. The second-order valence-electron chi connectivity index (χ2n) is 11.8. The van der Waals surface area contributed by atoms with E-state index in [2.05, 4.69) is 10.3 Å². The number of halogens is 3. The summed E-state index contributed by atoms with van der Waals surface area (Å²) in [6.07, 6.45) is -1.25. The van der Waals surface area contributed by atoms with Gasteiger partial charge in [-0.1, -0.05) is 18.2 Å². The quantitative estimate of drug-likeness (QED) is 0.592. The molecule has 4 heterocycles. The van der Waals surface area contributed by atoms with Crippen LogP contribution in [0, 0.1) is 11.3 Å². The third kappa shape index (κ3) is 5.35. The minimum Gasteiger partial charge on any atom is -0.379 e. The number of hydrogen-bond acceptors (Lipinski definition) is 6. The molecule has 4 aliphatic rings. The summed E-state index contributed by atoms with van der Waals surface area (Å²) in [7, 11) is 1.67. The van der Waals surface area contributed by atoms with E-state index in [1.807, 2.05) is 18.2 Å². The summed E-state index contributed by atoms with van der Waals surface area (Å²) in [6, 6.07) is 10.3. The molecule has 8 nitrogen and oxygen atoms in total. The van der Waals surface area contributed by atoms with E-state index in [9.17, 15) is 22.8 Å². The third-order valence-corrected chi connectivity index (χ3v) is 9.32. The molecule has 11 heteroatoms. The lowest BCUT2D eigenvalue weighted by atomic mass is 9.78. The zero-order chi connectivity index (χ0) is 28.8. The topological polar surface area (TPSA) is 84.0 Å². The molecular formula is C30H35F3N4O4. The molecule has 1 N–H and O–H groups in total. The van der Waals surface area contributed by atoms with Gasteiger partial charge < -0.3 is 24.6 Å². The second kappa shape index (κ2) is 11.0. The van der Waals surface area contributed by atoms with Crippen molar-refractivity contribution in [3.05, 3.63) is 65.0 Å². The number of fused-ring (bicyclic) bond motifs is 2. The highest BCUT2D eigenvalue weighted by Crippen LogP contribution is 2.51. The Morgan fingerprint density at radius 3 is 2.76 bits per heavy atom.